The Labute approximate surface area is 174 Å². The summed E-state index contributed by atoms with van der Waals surface area (Å²) in [7, 11) is 0. The van der Waals surface area contributed by atoms with Gasteiger partial charge in [0.05, 0.1) is 16.9 Å². The number of rotatable bonds is 4. The normalized spacial score (nSPS) is 20.9. The van der Waals surface area contributed by atoms with E-state index >= 15 is 0 Å². The molecule has 1 aromatic rings. The number of hydrogen-bond donors (Lipinski definition) is 1. The Morgan fingerprint density at radius 1 is 0.900 bits per heavy atom. The summed E-state index contributed by atoms with van der Waals surface area (Å²) in [6, 6.07) is 3.61. The predicted molar refractivity (Wildman–Crippen MR) is 108 cm³/mol. The van der Waals surface area contributed by atoms with Crippen molar-refractivity contribution in [3.05, 3.63) is 23.8 Å². The quantitative estimate of drug-likeness (QED) is 0.786. The van der Waals surface area contributed by atoms with Crippen LogP contribution in [-0.2, 0) is 15.8 Å². The number of anilines is 2. The molecule has 1 N–H and O–H groups in total. The Hall–Kier alpha value is -2.25. The lowest BCUT2D eigenvalue weighted by Crippen LogP contribution is -2.42. The third kappa shape index (κ3) is 4.73. The van der Waals surface area contributed by atoms with Crippen LogP contribution in [0.5, 0.6) is 0 Å². The second-order valence-corrected chi connectivity index (χ2v) is 8.64. The monoisotopic (exact) mass is 423 g/mol. The molecule has 1 aliphatic carbocycles. The fraction of sp³-hybridized carbons (Fsp3) is 0.636. The van der Waals surface area contributed by atoms with Gasteiger partial charge in [0.15, 0.2) is 0 Å². The number of benzene rings is 1. The predicted octanol–water partition coefficient (Wildman–Crippen LogP) is 4.28. The van der Waals surface area contributed by atoms with Crippen molar-refractivity contribution in [3.8, 4) is 0 Å². The average molecular weight is 423 g/mol. The van der Waals surface area contributed by atoms with E-state index in [0.29, 0.717) is 31.6 Å². The Balaban J connectivity index is 1.46. The molecule has 0 radical (unpaired) electrons. The van der Waals surface area contributed by atoms with E-state index in [1.165, 1.54) is 6.07 Å². The molecule has 1 aromatic carbocycles. The van der Waals surface area contributed by atoms with Gasteiger partial charge >= 0.3 is 6.18 Å². The number of hydrogen-bond acceptors (Lipinski definition) is 3. The van der Waals surface area contributed by atoms with Crippen molar-refractivity contribution in [1.29, 1.82) is 0 Å². The maximum atomic E-state index is 13.3. The van der Waals surface area contributed by atoms with Gasteiger partial charge in [-0.25, -0.2) is 0 Å². The first-order valence-electron chi connectivity index (χ1n) is 10.9. The van der Waals surface area contributed by atoms with Crippen molar-refractivity contribution in [2.75, 3.05) is 36.4 Å². The molecule has 2 saturated heterocycles. The number of halogens is 3. The zero-order valence-electron chi connectivity index (χ0n) is 17.0. The summed E-state index contributed by atoms with van der Waals surface area (Å²) in [5.41, 5.74) is 0.119. The highest BCUT2D eigenvalue weighted by Crippen LogP contribution is 2.37. The Kier molecular flexibility index (Phi) is 5.93. The Morgan fingerprint density at radius 3 is 2.17 bits per heavy atom. The molecule has 1 saturated carbocycles. The molecule has 8 heteroatoms. The first-order chi connectivity index (χ1) is 14.3. The van der Waals surface area contributed by atoms with Gasteiger partial charge in [0, 0.05) is 38.0 Å². The first-order valence-corrected chi connectivity index (χ1v) is 10.9. The van der Waals surface area contributed by atoms with Crippen molar-refractivity contribution in [3.63, 3.8) is 0 Å². The third-order valence-electron chi connectivity index (χ3n) is 6.38. The lowest BCUT2D eigenvalue weighted by Gasteiger charge is -2.33. The molecule has 2 amide bonds. The molecule has 164 valence electrons. The summed E-state index contributed by atoms with van der Waals surface area (Å²) >= 11 is 0. The average Bonchev–Trinajstić information content (AvgIpc) is 3.59. The molecule has 0 aromatic heterocycles. The molecular weight excluding hydrogens is 395 g/mol. The molecule has 3 aliphatic rings. The zero-order chi connectivity index (χ0) is 21.3. The van der Waals surface area contributed by atoms with Crippen LogP contribution in [0.4, 0.5) is 24.5 Å². The van der Waals surface area contributed by atoms with Crippen molar-refractivity contribution in [2.24, 2.45) is 11.8 Å². The molecule has 2 aliphatic heterocycles. The van der Waals surface area contributed by atoms with Crippen LogP contribution in [0.15, 0.2) is 18.2 Å². The van der Waals surface area contributed by atoms with Crippen LogP contribution in [0.25, 0.3) is 0 Å². The summed E-state index contributed by atoms with van der Waals surface area (Å²) in [5, 5.41) is 2.79. The van der Waals surface area contributed by atoms with Crippen LogP contribution in [0, 0.1) is 11.8 Å². The second-order valence-electron chi connectivity index (χ2n) is 8.64. The molecule has 4 rings (SSSR count). The Morgan fingerprint density at radius 2 is 1.57 bits per heavy atom. The van der Waals surface area contributed by atoms with Crippen LogP contribution in [0.1, 0.15) is 50.5 Å². The highest BCUT2D eigenvalue weighted by atomic mass is 19.4. The van der Waals surface area contributed by atoms with Crippen LogP contribution in [0.2, 0.25) is 0 Å². The minimum Gasteiger partial charge on any atom is -0.370 e. The molecule has 0 spiro atoms. The topological polar surface area (TPSA) is 52.7 Å². The van der Waals surface area contributed by atoms with Gasteiger partial charge in [-0.15, -0.1) is 0 Å². The summed E-state index contributed by atoms with van der Waals surface area (Å²) in [6.07, 6.45) is 1.61. The molecule has 3 fully saturated rings. The van der Waals surface area contributed by atoms with Crippen LogP contribution >= 0.6 is 0 Å². The number of alkyl halides is 3. The SMILES string of the molecule is O=C(Nc1cc(C(F)(F)F)ccc1N1CCCCC1)C1CCN(C(=O)C2CC2)CC1. The molecule has 0 atom stereocenters. The first kappa shape index (κ1) is 21.0. The summed E-state index contributed by atoms with van der Waals surface area (Å²) < 4.78 is 39.8. The Bertz CT molecular complexity index is 793. The number of amides is 2. The van der Waals surface area contributed by atoms with Gasteiger partial charge in [-0.1, -0.05) is 0 Å². The number of carbonyl (C=O) groups excluding carboxylic acids is 2. The summed E-state index contributed by atoms with van der Waals surface area (Å²) in [5.74, 6) is -0.213. The second kappa shape index (κ2) is 8.47. The molecule has 2 heterocycles. The number of likely N-dealkylation sites (tertiary alicyclic amines) is 1. The maximum absolute atomic E-state index is 13.3. The minimum absolute atomic E-state index is 0.160. The minimum atomic E-state index is -4.46. The van der Waals surface area contributed by atoms with E-state index in [-0.39, 0.29) is 29.3 Å². The molecule has 30 heavy (non-hydrogen) atoms. The van der Waals surface area contributed by atoms with Crippen molar-refractivity contribution in [2.45, 2.75) is 51.1 Å². The molecule has 5 nitrogen and oxygen atoms in total. The number of carbonyl (C=O) groups is 2. The number of piperidine rings is 2. The lowest BCUT2D eigenvalue weighted by molar-refractivity contribution is -0.137. The smallest absolute Gasteiger partial charge is 0.370 e. The van der Waals surface area contributed by atoms with Gasteiger partial charge in [0.1, 0.15) is 0 Å². The largest absolute Gasteiger partial charge is 0.416 e. The molecule has 0 unspecified atom stereocenters. The highest BCUT2D eigenvalue weighted by molar-refractivity contribution is 5.96. The van der Waals surface area contributed by atoms with E-state index in [9.17, 15) is 22.8 Å². The van der Waals surface area contributed by atoms with Gasteiger partial charge in [-0.3, -0.25) is 9.59 Å². The van der Waals surface area contributed by atoms with Gasteiger partial charge in [-0.05, 0) is 63.1 Å². The van der Waals surface area contributed by atoms with Crippen molar-refractivity contribution >= 4 is 23.2 Å². The van der Waals surface area contributed by atoms with Crippen molar-refractivity contribution in [1.82, 2.24) is 4.90 Å². The van der Waals surface area contributed by atoms with E-state index in [0.717, 1.165) is 57.3 Å². The van der Waals surface area contributed by atoms with E-state index in [4.69, 9.17) is 0 Å². The van der Waals surface area contributed by atoms with Gasteiger partial charge in [-0.2, -0.15) is 13.2 Å². The molecule has 0 bridgehead atoms. The zero-order valence-corrected chi connectivity index (χ0v) is 17.0. The highest BCUT2D eigenvalue weighted by Gasteiger charge is 2.36. The van der Waals surface area contributed by atoms with Gasteiger partial charge < -0.3 is 15.1 Å². The standard InChI is InChI=1S/C22H28F3N3O2/c23-22(24,25)17-6-7-19(27-10-2-1-3-11-27)18(14-17)26-20(29)15-8-12-28(13-9-15)21(30)16-4-5-16/h6-7,14-16H,1-5,8-13H2,(H,26,29). The lowest BCUT2D eigenvalue weighted by atomic mass is 9.95. The maximum Gasteiger partial charge on any atom is 0.416 e. The van der Waals surface area contributed by atoms with E-state index in [1.54, 1.807) is 0 Å². The summed E-state index contributed by atoms with van der Waals surface area (Å²) in [4.78, 5) is 28.9. The van der Waals surface area contributed by atoms with Crippen LogP contribution in [-0.4, -0.2) is 42.9 Å². The number of nitrogens with zero attached hydrogens (tertiary/aromatic N) is 2. The van der Waals surface area contributed by atoms with Gasteiger partial charge in [0.25, 0.3) is 0 Å². The van der Waals surface area contributed by atoms with Crippen molar-refractivity contribution < 1.29 is 22.8 Å². The van der Waals surface area contributed by atoms with E-state index < -0.39 is 11.7 Å². The van der Waals surface area contributed by atoms with E-state index in [1.807, 2.05) is 4.90 Å². The third-order valence-corrected chi connectivity index (χ3v) is 6.38. The van der Waals surface area contributed by atoms with Gasteiger partial charge in [0.2, 0.25) is 11.8 Å². The van der Waals surface area contributed by atoms with Crippen LogP contribution < -0.4 is 10.2 Å². The molecular formula is C22H28F3N3O2. The fourth-order valence-corrected chi connectivity index (χ4v) is 4.41. The number of nitrogens with one attached hydrogen (secondary N) is 1. The van der Waals surface area contributed by atoms with Crippen LogP contribution in [0.3, 0.4) is 0 Å². The van der Waals surface area contributed by atoms with E-state index in [2.05, 4.69) is 10.2 Å². The summed E-state index contributed by atoms with van der Waals surface area (Å²) in [6.45, 7) is 2.62. The fourth-order valence-electron chi connectivity index (χ4n) is 4.41.